The van der Waals surface area contributed by atoms with E-state index in [-0.39, 0.29) is 25.5 Å². The minimum absolute atomic E-state index is 0.0605. The van der Waals surface area contributed by atoms with Gasteiger partial charge in [0, 0.05) is 18.8 Å². The Bertz CT molecular complexity index is 1380. The Morgan fingerprint density at radius 3 is 2.63 bits per heavy atom. The second-order valence-corrected chi connectivity index (χ2v) is 10.0. The molecule has 35 heavy (non-hydrogen) atoms. The molecule has 5 rings (SSSR count). The summed E-state index contributed by atoms with van der Waals surface area (Å²) in [5.74, 6) is -0.524. The van der Waals surface area contributed by atoms with Crippen LogP contribution in [0.4, 0.5) is 0 Å². The van der Waals surface area contributed by atoms with Gasteiger partial charge in [0.1, 0.15) is 22.2 Å². The number of fused-ring (bicyclic) bond motifs is 1. The van der Waals surface area contributed by atoms with E-state index in [2.05, 4.69) is 0 Å². The molecule has 1 saturated heterocycles. The fourth-order valence-corrected chi connectivity index (χ4v) is 5.90. The molecule has 0 spiro atoms. The lowest BCUT2D eigenvalue weighted by Crippen LogP contribution is -2.49. The maximum absolute atomic E-state index is 13.8. The van der Waals surface area contributed by atoms with Gasteiger partial charge in [0.05, 0.1) is 25.1 Å². The SMILES string of the molecule is COc1ccccc1[C@H](Cn1c(=O)n(C2(C(=O)O)CC2)c(=O)c2c(C)csc21)OC1CCOCC1. The van der Waals surface area contributed by atoms with Crippen LogP contribution in [-0.4, -0.2) is 46.6 Å². The molecule has 0 bridgehead atoms. The lowest BCUT2D eigenvalue weighted by atomic mass is 10.1. The van der Waals surface area contributed by atoms with Crippen LogP contribution in [0, 0.1) is 6.92 Å². The van der Waals surface area contributed by atoms with Gasteiger partial charge in [-0.25, -0.2) is 14.2 Å². The van der Waals surface area contributed by atoms with Gasteiger partial charge in [-0.05, 0) is 49.6 Å². The van der Waals surface area contributed by atoms with Crippen LogP contribution in [0.25, 0.3) is 10.2 Å². The van der Waals surface area contributed by atoms with Crippen LogP contribution in [0.3, 0.4) is 0 Å². The number of rotatable bonds is 8. The Hall–Kier alpha value is -2.95. The van der Waals surface area contributed by atoms with Crippen LogP contribution < -0.4 is 16.0 Å². The van der Waals surface area contributed by atoms with E-state index in [0.717, 1.165) is 28.5 Å². The van der Waals surface area contributed by atoms with Crippen LogP contribution >= 0.6 is 11.3 Å². The number of hydrogen-bond acceptors (Lipinski definition) is 7. The molecular formula is C25H28N2O7S. The molecule has 1 saturated carbocycles. The van der Waals surface area contributed by atoms with Gasteiger partial charge < -0.3 is 19.3 Å². The second-order valence-electron chi connectivity index (χ2n) is 9.15. The Balaban J connectivity index is 1.67. The first-order valence-electron chi connectivity index (χ1n) is 11.7. The highest BCUT2D eigenvalue weighted by atomic mass is 32.1. The number of benzene rings is 1. The molecule has 9 nitrogen and oxygen atoms in total. The summed E-state index contributed by atoms with van der Waals surface area (Å²) in [6, 6.07) is 7.50. The lowest BCUT2D eigenvalue weighted by Gasteiger charge is -2.29. The molecule has 1 aliphatic heterocycles. The quantitative estimate of drug-likeness (QED) is 0.506. The predicted octanol–water partition coefficient (Wildman–Crippen LogP) is 3.05. The summed E-state index contributed by atoms with van der Waals surface area (Å²) in [5.41, 5.74) is -1.15. The maximum atomic E-state index is 13.8. The zero-order valence-electron chi connectivity index (χ0n) is 19.7. The van der Waals surface area contributed by atoms with Crippen molar-refractivity contribution in [3.8, 4) is 5.75 Å². The maximum Gasteiger partial charge on any atom is 0.333 e. The molecule has 1 atom stereocenters. The molecule has 1 N–H and O–H groups in total. The Morgan fingerprint density at radius 1 is 1.26 bits per heavy atom. The average molecular weight is 501 g/mol. The fraction of sp³-hybridized carbons (Fsp3) is 0.480. The second kappa shape index (κ2) is 9.25. The van der Waals surface area contributed by atoms with E-state index in [1.165, 1.54) is 15.9 Å². The summed E-state index contributed by atoms with van der Waals surface area (Å²) in [7, 11) is 1.58. The van der Waals surface area contributed by atoms with E-state index in [1.807, 2.05) is 29.6 Å². The standard InChI is InChI=1S/C25H28N2O7S/c1-15-14-35-22-20(15)21(28)27(25(9-10-25)23(29)30)24(31)26(22)13-19(34-16-7-11-33-12-8-16)17-5-3-4-6-18(17)32-2/h3-6,14,16,19H,7-13H2,1-2H3,(H,29,30)/t19-/m0/s1. The number of thiophene rings is 1. The van der Waals surface area contributed by atoms with Crippen molar-refractivity contribution >= 4 is 27.5 Å². The molecule has 1 aromatic carbocycles. The third kappa shape index (κ3) is 4.09. The first-order valence-corrected chi connectivity index (χ1v) is 12.6. The number of para-hydroxylation sites is 1. The number of ether oxygens (including phenoxy) is 3. The zero-order chi connectivity index (χ0) is 24.7. The summed E-state index contributed by atoms with van der Waals surface area (Å²) in [6.45, 7) is 3.12. The van der Waals surface area contributed by atoms with Crippen molar-refractivity contribution < 1.29 is 24.1 Å². The van der Waals surface area contributed by atoms with E-state index >= 15 is 0 Å². The van der Waals surface area contributed by atoms with Crippen molar-refractivity contribution in [3.63, 3.8) is 0 Å². The summed E-state index contributed by atoms with van der Waals surface area (Å²) in [4.78, 5) is 39.8. The number of nitrogens with zero attached hydrogens (tertiary/aromatic N) is 2. The number of methoxy groups -OCH3 is 1. The Labute approximate surface area is 205 Å². The topological polar surface area (TPSA) is 109 Å². The predicted molar refractivity (Wildman–Crippen MR) is 131 cm³/mol. The molecule has 1 aliphatic carbocycles. The number of aryl methyl sites for hydroxylation is 1. The molecule has 2 fully saturated rings. The molecule has 2 aromatic heterocycles. The first kappa shape index (κ1) is 23.8. The summed E-state index contributed by atoms with van der Waals surface area (Å²) in [6.07, 6.45) is 1.35. The molecule has 0 amide bonds. The van der Waals surface area contributed by atoms with Crippen LogP contribution in [0.2, 0.25) is 0 Å². The molecular weight excluding hydrogens is 472 g/mol. The monoisotopic (exact) mass is 500 g/mol. The molecule has 0 unspecified atom stereocenters. The third-order valence-electron chi connectivity index (χ3n) is 6.95. The van der Waals surface area contributed by atoms with Crippen molar-refractivity contribution in [3.05, 3.63) is 61.6 Å². The van der Waals surface area contributed by atoms with Crippen molar-refractivity contribution in [1.82, 2.24) is 9.13 Å². The van der Waals surface area contributed by atoms with Gasteiger partial charge in [-0.1, -0.05) is 18.2 Å². The van der Waals surface area contributed by atoms with Gasteiger partial charge in [0.25, 0.3) is 5.56 Å². The summed E-state index contributed by atoms with van der Waals surface area (Å²) in [5, 5.41) is 12.1. The van der Waals surface area contributed by atoms with Gasteiger partial charge in [0.2, 0.25) is 0 Å². The largest absolute Gasteiger partial charge is 0.496 e. The van der Waals surface area contributed by atoms with E-state index < -0.39 is 28.9 Å². The minimum atomic E-state index is -1.49. The molecule has 3 heterocycles. The number of hydrogen-bond donors (Lipinski definition) is 1. The van der Waals surface area contributed by atoms with Crippen molar-refractivity contribution in [2.45, 2.75) is 56.9 Å². The van der Waals surface area contributed by atoms with Crippen molar-refractivity contribution in [2.24, 2.45) is 0 Å². The number of carboxylic acids is 1. The van der Waals surface area contributed by atoms with Gasteiger partial charge in [-0.15, -0.1) is 11.3 Å². The highest BCUT2D eigenvalue weighted by Gasteiger charge is 2.54. The van der Waals surface area contributed by atoms with Crippen molar-refractivity contribution in [2.75, 3.05) is 20.3 Å². The first-order chi connectivity index (χ1) is 16.9. The number of carbonyl (C=O) groups is 1. The summed E-state index contributed by atoms with van der Waals surface area (Å²) >= 11 is 1.31. The van der Waals surface area contributed by atoms with E-state index in [4.69, 9.17) is 14.2 Å². The lowest BCUT2D eigenvalue weighted by molar-refractivity contribution is -0.142. The van der Waals surface area contributed by atoms with Crippen LogP contribution in [0.5, 0.6) is 5.75 Å². The van der Waals surface area contributed by atoms with E-state index in [1.54, 1.807) is 14.0 Å². The highest BCUT2D eigenvalue weighted by Crippen LogP contribution is 2.42. The van der Waals surface area contributed by atoms with E-state index in [9.17, 15) is 19.5 Å². The number of aromatic nitrogens is 2. The van der Waals surface area contributed by atoms with E-state index in [0.29, 0.717) is 29.2 Å². The number of carboxylic acid groups (broad SMARTS) is 1. The zero-order valence-corrected chi connectivity index (χ0v) is 20.5. The Kier molecular flexibility index (Phi) is 6.29. The Morgan fingerprint density at radius 2 is 1.97 bits per heavy atom. The van der Waals surface area contributed by atoms with Crippen molar-refractivity contribution in [1.29, 1.82) is 0 Å². The normalized spacial score (nSPS) is 18.5. The van der Waals surface area contributed by atoms with Crippen LogP contribution in [0.1, 0.15) is 42.9 Å². The smallest absolute Gasteiger partial charge is 0.333 e. The molecule has 186 valence electrons. The molecule has 10 heteroatoms. The van der Waals surface area contributed by atoms with Crippen LogP contribution in [-0.2, 0) is 26.4 Å². The number of aliphatic carboxylic acids is 1. The summed E-state index contributed by atoms with van der Waals surface area (Å²) < 4.78 is 20.1. The van der Waals surface area contributed by atoms with Crippen LogP contribution in [0.15, 0.2) is 39.2 Å². The third-order valence-corrected chi connectivity index (χ3v) is 8.07. The molecule has 2 aliphatic rings. The molecule has 3 aromatic rings. The van der Waals surface area contributed by atoms with Gasteiger partial charge >= 0.3 is 11.7 Å². The molecule has 0 radical (unpaired) electrons. The van der Waals surface area contributed by atoms with Gasteiger partial charge in [-0.3, -0.25) is 9.36 Å². The van der Waals surface area contributed by atoms with Gasteiger partial charge in [0.15, 0.2) is 0 Å². The highest BCUT2D eigenvalue weighted by molar-refractivity contribution is 7.17. The fourth-order valence-electron chi connectivity index (χ4n) is 4.84. The minimum Gasteiger partial charge on any atom is -0.496 e. The van der Waals surface area contributed by atoms with Gasteiger partial charge in [-0.2, -0.15) is 0 Å². The average Bonchev–Trinajstić information content (AvgIpc) is 3.57.